The number of hydrogen-bond acceptors (Lipinski definition) is 6. The van der Waals surface area contributed by atoms with E-state index < -0.39 is 16.0 Å². The van der Waals surface area contributed by atoms with Gasteiger partial charge in [0, 0.05) is 16.6 Å². The number of fused-ring (bicyclic) bond motifs is 1. The third kappa shape index (κ3) is 3.72. The first-order valence-electron chi connectivity index (χ1n) is 8.16. The van der Waals surface area contributed by atoms with Crippen LogP contribution in [0.5, 0.6) is 0 Å². The maximum Gasteiger partial charge on any atom is 0.349 e. The van der Waals surface area contributed by atoms with Crippen molar-refractivity contribution in [2.75, 3.05) is 26.7 Å². The molecule has 0 saturated carbocycles. The van der Waals surface area contributed by atoms with Crippen LogP contribution >= 0.6 is 11.3 Å². The van der Waals surface area contributed by atoms with E-state index in [0.717, 1.165) is 42.0 Å². The van der Waals surface area contributed by atoms with Crippen molar-refractivity contribution in [2.24, 2.45) is 5.41 Å². The van der Waals surface area contributed by atoms with Gasteiger partial charge in [-0.3, -0.25) is 0 Å². The molecule has 1 saturated heterocycles. The van der Waals surface area contributed by atoms with Crippen LogP contribution in [0.2, 0.25) is 0 Å². The van der Waals surface area contributed by atoms with E-state index in [1.807, 2.05) is 6.07 Å². The number of rotatable bonds is 5. The molecule has 0 amide bonds. The van der Waals surface area contributed by atoms with Crippen molar-refractivity contribution in [3.05, 3.63) is 29.1 Å². The van der Waals surface area contributed by atoms with Gasteiger partial charge in [0.15, 0.2) is 0 Å². The Balaban J connectivity index is 1.97. The molecule has 25 heavy (non-hydrogen) atoms. The fourth-order valence-corrected chi connectivity index (χ4v) is 6.08. The van der Waals surface area contributed by atoms with Crippen molar-refractivity contribution in [3.63, 3.8) is 0 Å². The van der Waals surface area contributed by atoms with Gasteiger partial charge in [-0.25, -0.2) is 17.9 Å². The predicted octanol–water partition coefficient (Wildman–Crippen LogP) is 2.36. The Morgan fingerprint density at radius 3 is 2.68 bits per heavy atom. The van der Waals surface area contributed by atoms with Crippen LogP contribution in [0, 0.1) is 5.41 Å². The van der Waals surface area contributed by atoms with Crippen molar-refractivity contribution < 1.29 is 17.9 Å². The monoisotopic (exact) mass is 382 g/mol. The number of carbonyl (C=O) groups is 1. The lowest BCUT2D eigenvalue weighted by Crippen LogP contribution is -2.43. The fraction of sp³-hybridized carbons (Fsp3) is 0.471. The van der Waals surface area contributed by atoms with Crippen molar-refractivity contribution in [2.45, 2.75) is 24.7 Å². The molecule has 0 spiro atoms. The van der Waals surface area contributed by atoms with Gasteiger partial charge in [-0.1, -0.05) is 25.1 Å². The van der Waals surface area contributed by atoms with Crippen LogP contribution in [-0.2, 0) is 14.8 Å². The van der Waals surface area contributed by atoms with Gasteiger partial charge in [0.25, 0.3) is 0 Å². The molecule has 0 unspecified atom stereocenters. The van der Waals surface area contributed by atoms with Gasteiger partial charge in [0.05, 0.1) is 7.11 Å². The Labute approximate surface area is 151 Å². The average Bonchev–Trinajstić information content (AvgIpc) is 3.00. The minimum absolute atomic E-state index is 0.0254. The Hall–Kier alpha value is -1.48. The smallest absolute Gasteiger partial charge is 0.349 e. The molecule has 0 aliphatic carbocycles. The summed E-state index contributed by atoms with van der Waals surface area (Å²) in [5.74, 6) is -0.630. The summed E-state index contributed by atoms with van der Waals surface area (Å²) in [6, 6.07) is 7.11. The summed E-state index contributed by atoms with van der Waals surface area (Å²) in [7, 11) is -2.57. The zero-order chi connectivity index (χ0) is 18.1. The van der Waals surface area contributed by atoms with Gasteiger partial charge in [-0.05, 0) is 37.4 Å². The second-order valence-electron chi connectivity index (χ2n) is 6.63. The summed E-state index contributed by atoms with van der Waals surface area (Å²) in [5.41, 5.74) is -0.0877. The second-order valence-corrected chi connectivity index (χ2v) is 9.39. The zero-order valence-electron chi connectivity index (χ0n) is 14.3. The first kappa shape index (κ1) is 18.3. The molecule has 2 heterocycles. The molecule has 8 heteroatoms. The molecule has 0 atom stereocenters. The normalized spacial score (nSPS) is 17.5. The number of piperidine rings is 1. The van der Waals surface area contributed by atoms with Gasteiger partial charge in [0.2, 0.25) is 10.0 Å². The highest BCUT2D eigenvalue weighted by Gasteiger charge is 2.32. The Bertz CT molecular complexity index is 883. The van der Waals surface area contributed by atoms with Gasteiger partial charge in [-0.2, -0.15) is 0 Å². The lowest BCUT2D eigenvalue weighted by molar-refractivity contribution is 0.0602. The summed E-state index contributed by atoms with van der Waals surface area (Å²) < 4.78 is 34.3. The predicted molar refractivity (Wildman–Crippen MR) is 98.6 cm³/mol. The van der Waals surface area contributed by atoms with Crippen LogP contribution in [0.3, 0.4) is 0 Å². The summed E-state index contributed by atoms with van der Waals surface area (Å²) >= 11 is 1.14. The van der Waals surface area contributed by atoms with Gasteiger partial charge in [-0.15, -0.1) is 11.3 Å². The number of thiophene rings is 1. The molecule has 1 aromatic carbocycles. The van der Waals surface area contributed by atoms with Crippen molar-refractivity contribution in [1.29, 1.82) is 0 Å². The molecule has 0 radical (unpaired) electrons. The Kier molecular flexibility index (Phi) is 5.15. The topological polar surface area (TPSA) is 84.5 Å². The van der Waals surface area contributed by atoms with Crippen LogP contribution in [0.4, 0.5) is 0 Å². The first-order chi connectivity index (χ1) is 11.9. The third-order valence-corrected chi connectivity index (χ3v) is 7.45. The lowest BCUT2D eigenvalue weighted by atomic mass is 9.81. The molecule has 1 aliphatic heterocycles. The van der Waals surface area contributed by atoms with E-state index in [1.165, 1.54) is 7.11 Å². The van der Waals surface area contributed by atoms with Crippen LogP contribution in [0.15, 0.2) is 29.2 Å². The van der Waals surface area contributed by atoms with E-state index in [-0.39, 0.29) is 15.2 Å². The van der Waals surface area contributed by atoms with E-state index >= 15 is 0 Å². The standard InChI is InChI=1S/C17H22N2O4S2/c1-17(7-9-18-10-8-17)11-19-25(21,22)15-12-5-3-4-6-13(12)24-14(15)16(20)23-2/h3-6,18-19H,7-11H2,1-2H3. The largest absolute Gasteiger partial charge is 0.465 e. The van der Waals surface area contributed by atoms with E-state index in [2.05, 4.69) is 17.0 Å². The van der Waals surface area contributed by atoms with Crippen molar-refractivity contribution in [3.8, 4) is 0 Å². The summed E-state index contributed by atoms with van der Waals surface area (Å²) in [6.07, 6.45) is 1.81. The molecule has 2 N–H and O–H groups in total. The number of methoxy groups -OCH3 is 1. The first-order valence-corrected chi connectivity index (χ1v) is 10.5. The molecule has 1 aliphatic rings. The Morgan fingerprint density at radius 2 is 2.00 bits per heavy atom. The Morgan fingerprint density at radius 1 is 1.32 bits per heavy atom. The minimum atomic E-state index is -3.83. The number of hydrogen-bond donors (Lipinski definition) is 2. The fourth-order valence-electron chi connectivity index (χ4n) is 3.06. The van der Waals surface area contributed by atoms with E-state index in [0.29, 0.717) is 11.9 Å². The van der Waals surface area contributed by atoms with Gasteiger partial charge >= 0.3 is 5.97 Å². The molecule has 1 fully saturated rings. The molecule has 2 aromatic rings. The zero-order valence-corrected chi connectivity index (χ0v) is 15.9. The highest BCUT2D eigenvalue weighted by Crippen LogP contribution is 2.35. The molecule has 6 nitrogen and oxygen atoms in total. The SMILES string of the molecule is COC(=O)c1sc2ccccc2c1S(=O)(=O)NCC1(C)CCNCC1. The summed E-state index contributed by atoms with van der Waals surface area (Å²) in [5, 5.41) is 3.84. The molecule has 0 bridgehead atoms. The maximum absolute atomic E-state index is 13.0. The van der Waals surface area contributed by atoms with E-state index in [9.17, 15) is 13.2 Å². The number of nitrogens with one attached hydrogen (secondary N) is 2. The number of benzene rings is 1. The van der Waals surface area contributed by atoms with E-state index in [4.69, 9.17) is 4.74 Å². The van der Waals surface area contributed by atoms with Crippen molar-refractivity contribution >= 4 is 37.4 Å². The van der Waals surface area contributed by atoms with Crippen LogP contribution in [0.1, 0.15) is 29.4 Å². The maximum atomic E-state index is 13.0. The third-order valence-electron chi connectivity index (χ3n) is 4.69. The quantitative estimate of drug-likeness (QED) is 0.776. The molecular formula is C17H22N2O4S2. The minimum Gasteiger partial charge on any atom is -0.465 e. The molecular weight excluding hydrogens is 360 g/mol. The van der Waals surface area contributed by atoms with Gasteiger partial charge < -0.3 is 10.1 Å². The van der Waals surface area contributed by atoms with Crippen molar-refractivity contribution in [1.82, 2.24) is 10.0 Å². The highest BCUT2D eigenvalue weighted by molar-refractivity contribution is 7.90. The lowest BCUT2D eigenvalue weighted by Gasteiger charge is -2.34. The average molecular weight is 383 g/mol. The highest BCUT2D eigenvalue weighted by atomic mass is 32.2. The number of ether oxygens (including phenoxy) is 1. The number of carbonyl (C=O) groups excluding carboxylic acids is 1. The van der Waals surface area contributed by atoms with Crippen LogP contribution in [0.25, 0.3) is 10.1 Å². The number of esters is 1. The molecule has 1 aromatic heterocycles. The molecule has 136 valence electrons. The van der Waals surface area contributed by atoms with Gasteiger partial charge in [0.1, 0.15) is 9.77 Å². The number of sulfonamides is 1. The van der Waals surface area contributed by atoms with E-state index in [1.54, 1.807) is 18.2 Å². The molecule has 3 rings (SSSR count). The summed E-state index contributed by atoms with van der Waals surface area (Å²) in [6.45, 7) is 4.20. The summed E-state index contributed by atoms with van der Waals surface area (Å²) in [4.78, 5) is 12.2. The van der Waals surface area contributed by atoms with Crippen LogP contribution in [-0.4, -0.2) is 41.1 Å². The van der Waals surface area contributed by atoms with Crippen LogP contribution < -0.4 is 10.0 Å². The second kappa shape index (κ2) is 7.03.